The Morgan fingerprint density at radius 3 is 0.825 bits per heavy atom. The van der Waals surface area contributed by atoms with Crippen molar-refractivity contribution in [1.82, 2.24) is 0 Å². The molecule has 0 atom stereocenters. The van der Waals surface area contributed by atoms with E-state index in [2.05, 4.69) is 63.7 Å². The molecule has 5 aromatic carbocycles. The maximum Gasteiger partial charge on any atom is 0.264 e. The summed E-state index contributed by atoms with van der Waals surface area (Å²) in [7, 11) is 0. The van der Waals surface area contributed by atoms with E-state index in [1.165, 1.54) is 0 Å². The first-order chi connectivity index (χ1) is 19.4. The van der Waals surface area contributed by atoms with Crippen LogP contribution in [0.25, 0.3) is 0 Å². The molecule has 0 saturated heterocycles. The largest absolute Gasteiger partial charge is 0.277 e. The topological polar surface area (TPSA) is 40.6 Å². The summed E-state index contributed by atoms with van der Waals surface area (Å²) in [5, 5.41) is 0. The molecule has 8 heteroatoms. The van der Waals surface area contributed by atoms with E-state index >= 15 is 0 Å². The van der Waals surface area contributed by atoms with Crippen molar-refractivity contribution >= 4 is 98.3 Å². The van der Waals surface area contributed by atoms with Crippen molar-refractivity contribution < 1.29 is 9.59 Å². The van der Waals surface area contributed by atoms with Crippen molar-refractivity contribution in [2.24, 2.45) is 0 Å². The lowest BCUT2D eigenvalue weighted by Crippen LogP contribution is -2.32. The van der Waals surface area contributed by atoms with Gasteiger partial charge >= 0.3 is 0 Å². The third kappa shape index (κ3) is 5.59. The maximum absolute atomic E-state index is 14.7. The van der Waals surface area contributed by atoms with E-state index in [4.69, 9.17) is 0 Å². The van der Waals surface area contributed by atoms with E-state index in [-0.39, 0.29) is 22.9 Å². The smallest absolute Gasteiger partial charge is 0.264 e. The van der Waals surface area contributed by atoms with Crippen molar-refractivity contribution in [3.63, 3.8) is 0 Å². The Labute approximate surface area is 266 Å². The number of amides is 2. The van der Waals surface area contributed by atoms with E-state index in [9.17, 15) is 9.59 Å². The first-order valence-electron chi connectivity index (χ1n) is 12.1. The molecule has 0 bridgehead atoms. The highest BCUT2D eigenvalue weighted by molar-refractivity contribution is 9.15. The molecule has 0 N–H and O–H groups in total. The van der Waals surface area contributed by atoms with Crippen LogP contribution in [0.4, 0.5) is 22.7 Å². The summed E-state index contributed by atoms with van der Waals surface area (Å²) in [5.41, 5.74) is 3.08. The molecule has 0 unspecified atom stereocenters. The van der Waals surface area contributed by atoms with Gasteiger partial charge in [-0.05, 0) is 112 Å². The Morgan fingerprint density at radius 1 is 0.375 bits per heavy atom. The van der Waals surface area contributed by atoms with Crippen molar-refractivity contribution in [2.75, 3.05) is 9.80 Å². The fraction of sp³-hybridized carbons (Fsp3) is 0. The Balaban J connectivity index is 1.77. The number of rotatable bonds is 6. The average Bonchev–Trinajstić information content (AvgIpc) is 3.00. The van der Waals surface area contributed by atoms with E-state index in [1.807, 2.05) is 121 Å². The van der Waals surface area contributed by atoms with Gasteiger partial charge in [-0.2, -0.15) is 0 Å². The van der Waals surface area contributed by atoms with Crippen LogP contribution in [-0.4, -0.2) is 11.8 Å². The molecule has 0 heterocycles. The quantitative estimate of drug-likeness (QED) is 0.127. The highest BCUT2D eigenvalue weighted by atomic mass is 79.9. The number of halogens is 4. The minimum atomic E-state index is -0.373. The predicted molar refractivity (Wildman–Crippen MR) is 176 cm³/mol. The number of para-hydroxylation sites is 4. The summed E-state index contributed by atoms with van der Waals surface area (Å²) in [6, 6.07) is 37.5. The Morgan fingerprint density at radius 2 is 0.600 bits per heavy atom. The van der Waals surface area contributed by atoms with Crippen LogP contribution in [0.15, 0.2) is 139 Å². The van der Waals surface area contributed by atoms with Crippen molar-refractivity contribution in [3.05, 3.63) is 150 Å². The minimum Gasteiger partial charge on any atom is -0.277 e. The summed E-state index contributed by atoms with van der Waals surface area (Å²) >= 11 is 14.5. The van der Waals surface area contributed by atoms with Crippen molar-refractivity contribution in [2.45, 2.75) is 0 Å². The van der Waals surface area contributed by atoms with Gasteiger partial charge in [-0.25, -0.2) is 0 Å². The third-order valence-electron chi connectivity index (χ3n) is 6.16. The molecule has 0 aromatic heterocycles. The molecule has 5 aromatic rings. The van der Waals surface area contributed by atoms with E-state index in [0.29, 0.717) is 40.6 Å². The molecular formula is C32H20Br4N2O2. The Bertz CT molecular complexity index is 1460. The van der Waals surface area contributed by atoms with Gasteiger partial charge in [-0.3, -0.25) is 19.4 Å². The lowest BCUT2D eigenvalue weighted by atomic mass is 10.0. The zero-order valence-electron chi connectivity index (χ0n) is 20.8. The third-order valence-corrected chi connectivity index (χ3v) is 10.9. The summed E-state index contributed by atoms with van der Waals surface area (Å²) in [6.45, 7) is 0. The van der Waals surface area contributed by atoms with Gasteiger partial charge in [-0.1, -0.05) is 72.8 Å². The van der Waals surface area contributed by atoms with E-state index in [1.54, 1.807) is 9.80 Å². The lowest BCUT2D eigenvalue weighted by Gasteiger charge is -2.28. The zero-order valence-corrected chi connectivity index (χ0v) is 27.1. The molecule has 0 aliphatic rings. The van der Waals surface area contributed by atoms with Crippen molar-refractivity contribution in [1.29, 1.82) is 0 Å². The van der Waals surface area contributed by atoms with Gasteiger partial charge in [0.2, 0.25) is 0 Å². The monoisotopic (exact) mass is 780 g/mol. The Kier molecular flexibility index (Phi) is 9.00. The second-order valence-corrected chi connectivity index (χ2v) is 11.8. The van der Waals surface area contributed by atoms with Gasteiger partial charge in [0.1, 0.15) is 0 Å². The molecular weight excluding hydrogens is 764 g/mol. The van der Waals surface area contributed by atoms with Gasteiger partial charge in [0, 0.05) is 40.6 Å². The number of nitrogens with zero attached hydrogens (tertiary/aromatic N) is 2. The van der Waals surface area contributed by atoms with Crippen LogP contribution in [0.3, 0.4) is 0 Å². The SMILES string of the molecule is O=C(c1c(Br)c(Br)c(Br)c(Br)c1C(=O)N(c1ccccc1)c1ccccc1)N(c1ccccc1)c1ccccc1. The molecule has 0 aliphatic heterocycles. The molecule has 0 saturated carbocycles. The second kappa shape index (κ2) is 12.6. The summed E-state index contributed by atoms with van der Waals surface area (Å²) in [5.74, 6) is -0.745. The van der Waals surface area contributed by atoms with Crippen LogP contribution >= 0.6 is 63.7 Å². The Hall–Kier alpha value is -3.04. The minimum absolute atomic E-state index is 0.205. The molecule has 2 amide bonds. The van der Waals surface area contributed by atoms with Crippen LogP contribution in [0.5, 0.6) is 0 Å². The van der Waals surface area contributed by atoms with Crippen LogP contribution in [0.1, 0.15) is 20.7 Å². The van der Waals surface area contributed by atoms with Crippen molar-refractivity contribution in [3.8, 4) is 0 Å². The molecule has 0 fully saturated rings. The van der Waals surface area contributed by atoms with Gasteiger partial charge in [0.15, 0.2) is 0 Å². The number of hydrogen-bond donors (Lipinski definition) is 0. The van der Waals surface area contributed by atoms with E-state index in [0.717, 1.165) is 0 Å². The highest BCUT2D eigenvalue weighted by Crippen LogP contribution is 2.45. The summed E-state index contributed by atoms with van der Waals surface area (Å²) in [6.07, 6.45) is 0. The standard InChI is InChI=1S/C32H20Br4N2O2/c33-27-25(31(39)37(21-13-5-1-6-14-21)22-15-7-2-8-16-22)26(28(34)30(36)29(27)35)32(40)38(23-17-9-3-10-18-23)24-19-11-4-12-20-24/h1-20H. The molecule has 4 nitrogen and oxygen atoms in total. The molecule has 0 spiro atoms. The maximum atomic E-state index is 14.7. The molecule has 0 aliphatic carbocycles. The van der Waals surface area contributed by atoms with Crippen LogP contribution < -0.4 is 9.80 Å². The fourth-order valence-electron chi connectivity index (χ4n) is 4.33. The molecule has 40 heavy (non-hydrogen) atoms. The van der Waals surface area contributed by atoms with Gasteiger partial charge in [-0.15, -0.1) is 0 Å². The van der Waals surface area contributed by atoms with E-state index < -0.39 is 0 Å². The van der Waals surface area contributed by atoms with Crippen LogP contribution in [0.2, 0.25) is 0 Å². The lowest BCUT2D eigenvalue weighted by molar-refractivity contribution is 0.0965. The molecule has 0 radical (unpaired) electrons. The second-order valence-electron chi connectivity index (χ2n) is 8.63. The first kappa shape index (κ1) is 28.5. The van der Waals surface area contributed by atoms with Crippen LogP contribution in [0, 0.1) is 0 Å². The van der Waals surface area contributed by atoms with Crippen LogP contribution in [-0.2, 0) is 0 Å². The predicted octanol–water partition coefficient (Wildman–Crippen LogP) is 10.7. The van der Waals surface area contributed by atoms with Gasteiger partial charge < -0.3 is 0 Å². The average molecular weight is 784 g/mol. The zero-order chi connectivity index (χ0) is 28.2. The number of benzene rings is 5. The summed E-state index contributed by atoms with van der Waals surface area (Å²) < 4.78 is 2.11. The fourth-order valence-corrected chi connectivity index (χ4v) is 6.79. The highest BCUT2D eigenvalue weighted by Gasteiger charge is 2.34. The molecule has 5 rings (SSSR count). The summed E-state index contributed by atoms with van der Waals surface area (Å²) in [4.78, 5) is 32.6. The van der Waals surface area contributed by atoms with Gasteiger partial charge in [0.25, 0.3) is 11.8 Å². The van der Waals surface area contributed by atoms with Gasteiger partial charge in [0.05, 0.1) is 11.1 Å². The number of carbonyl (C=O) groups is 2. The normalized spacial score (nSPS) is 10.7. The first-order valence-corrected chi connectivity index (χ1v) is 15.3. The number of hydrogen-bond acceptors (Lipinski definition) is 2. The number of carbonyl (C=O) groups excluding carboxylic acids is 2. The molecule has 198 valence electrons. The number of anilines is 4.